The molecule has 76 valence electrons. The van der Waals surface area contributed by atoms with Gasteiger partial charge in [-0.2, -0.15) is 0 Å². The predicted molar refractivity (Wildman–Crippen MR) is 59.0 cm³/mol. The minimum atomic E-state index is -0.228. The SMILES string of the molecule is Cc1ccn(-c2ccccn2)c(=O)c1N. The summed E-state index contributed by atoms with van der Waals surface area (Å²) in [4.78, 5) is 15.9. The molecule has 4 nitrogen and oxygen atoms in total. The summed E-state index contributed by atoms with van der Waals surface area (Å²) in [6, 6.07) is 7.18. The van der Waals surface area contributed by atoms with Crippen LogP contribution in [-0.2, 0) is 0 Å². The molecule has 2 rings (SSSR count). The Morgan fingerprint density at radius 1 is 1.33 bits per heavy atom. The molecule has 0 unspecified atom stereocenters. The van der Waals surface area contributed by atoms with Crippen LogP contribution >= 0.6 is 0 Å². The number of nitrogens with two attached hydrogens (primary N) is 1. The van der Waals surface area contributed by atoms with Crippen molar-refractivity contribution in [3.05, 3.63) is 52.6 Å². The Kier molecular flexibility index (Phi) is 2.25. The number of hydrogen-bond acceptors (Lipinski definition) is 3. The third kappa shape index (κ3) is 1.61. The smallest absolute Gasteiger partial charge is 0.279 e. The molecule has 0 saturated heterocycles. The molecule has 0 spiro atoms. The Hall–Kier alpha value is -2.10. The second kappa shape index (κ2) is 3.57. The first-order valence-corrected chi connectivity index (χ1v) is 4.59. The first-order valence-electron chi connectivity index (χ1n) is 4.59. The number of nitrogens with zero attached hydrogens (tertiary/aromatic N) is 2. The van der Waals surface area contributed by atoms with Gasteiger partial charge in [-0.15, -0.1) is 0 Å². The maximum Gasteiger partial charge on any atom is 0.279 e. The summed E-state index contributed by atoms with van der Waals surface area (Å²) in [6.07, 6.45) is 3.31. The Bertz CT molecular complexity index is 531. The van der Waals surface area contributed by atoms with Crippen molar-refractivity contribution >= 4 is 5.69 Å². The van der Waals surface area contributed by atoms with Gasteiger partial charge in [0.15, 0.2) is 0 Å². The zero-order chi connectivity index (χ0) is 10.8. The van der Waals surface area contributed by atoms with E-state index in [1.807, 2.05) is 6.07 Å². The standard InChI is InChI=1S/C11H11N3O/c1-8-5-7-14(11(15)10(8)12)9-4-2-3-6-13-9/h2-7H,12H2,1H3. The van der Waals surface area contributed by atoms with E-state index in [2.05, 4.69) is 4.98 Å². The second-order valence-electron chi connectivity index (χ2n) is 3.28. The van der Waals surface area contributed by atoms with Gasteiger partial charge in [-0.1, -0.05) is 6.07 Å². The third-order valence-electron chi connectivity index (χ3n) is 2.24. The number of rotatable bonds is 1. The van der Waals surface area contributed by atoms with Crippen LogP contribution in [0.4, 0.5) is 5.69 Å². The molecule has 2 aromatic rings. The number of pyridine rings is 2. The summed E-state index contributed by atoms with van der Waals surface area (Å²) in [6.45, 7) is 1.81. The van der Waals surface area contributed by atoms with E-state index in [4.69, 9.17) is 5.73 Å². The molecule has 2 heterocycles. The van der Waals surface area contributed by atoms with Crippen molar-refractivity contribution in [1.82, 2.24) is 9.55 Å². The summed E-state index contributed by atoms with van der Waals surface area (Å²) in [5.74, 6) is 0.578. The summed E-state index contributed by atoms with van der Waals surface area (Å²) in [5.41, 5.74) is 6.48. The lowest BCUT2D eigenvalue weighted by Crippen LogP contribution is -2.22. The van der Waals surface area contributed by atoms with Crippen molar-refractivity contribution in [2.24, 2.45) is 0 Å². The van der Waals surface area contributed by atoms with Gasteiger partial charge in [0, 0.05) is 12.4 Å². The molecule has 0 amide bonds. The van der Waals surface area contributed by atoms with E-state index in [0.29, 0.717) is 5.82 Å². The summed E-state index contributed by atoms with van der Waals surface area (Å²) < 4.78 is 1.43. The van der Waals surface area contributed by atoms with Gasteiger partial charge in [0.1, 0.15) is 11.5 Å². The van der Waals surface area contributed by atoms with Gasteiger partial charge >= 0.3 is 0 Å². The van der Waals surface area contributed by atoms with Crippen LogP contribution in [-0.4, -0.2) is 9.55 Å². The highest BCUT2D eigenvalue weighted by molar-refractivity contribution is 5.45. The molecule has 4 heteroatoms. The van der Waals surface area contributed by atoms with Crippen molar-refractivity contribution in [1.29, 1.82) is 0 Å². The van der Waals surface area contributed by atoms with Crippen LogP contribution in [0.2, 0.25) is 0 Å². The van der Waals surface area contributed by atoms with E-state index in [9.17, 15) is 4.79 Å². The van der Waals surface area contributed by atoms with Gasteiger partial charge in [0.05, 0.1) is 0 Å². The van der Waals surface area contributed by atoms with Crippen molar-refractivity contribution in [2.75, 3.05) is 5.73 Å². The Morgan fingerprint density at radius 2 is 2.13 bits per heavy atom. The number of aromatic nitrogens is 2. The van der Waals surface area contributed by atoms with Crippen LogP contribution in [0, 0.1) is 6.92 Å². The fraction of sp³-hybridized carbons (Fsp3) is 0.0909. The van der Waals surface area contributed by atoms with Crippen LogP contribution in [0.25, 0.3) is 5.82 Å². The zero-order valence-electron chi connectivity index (χ0n) is 8.34. The third-order valence-corrected chi connectivity index (χ3v) is 2.24. The molecule has 2 aromatic heterocycles. The average molecular weight is 201 g/mol. The molecule has 0 radical (unpaired) electrons. The molecule has 0 bridgehead atoms. The van der Waals surface area contributed by atoms with Crippen LogP contribution in [0.5, 0.6) is 0 Å². The normalized spacial score (nSPS) is 10.2. The van der Waals surface area contributed by atoms with Gasteiger partial charge < -0.3 is 5.73 Å². The van der Waals surface area contributed by atoms with Crippen molar-refractivity contribution in [2.45, 2.75) is 6.92 Å². The van der Waals surface area contributed by atoms with Gasteiger partial charge in [0.2, 0.25) is 0 Å². The molecule has 0 atom stereocenters. The number of anilines is 1. The lowest BCUT2D eigenvalue weighted by Gasteiger charge is -2.06. The van der Waals surface area contributed by atoms with Gasteiger partial charge in [-0.25, -0.2) is 4.98 Å². The van der Waals surface area contributed by atoms with E-state index in [1.165, 1.54) is 4.57 Å². The first-order chi connectivity index (χ1) is 7.20. The second-order valence-corrected chi connectivity index (χ2v) is 3.28. The zero-order valence-corrected chi connectivity index (χ0v) is 8.34. The summed E-state index contributed by atoms with van der Waals surface area (Å²) >= 11 is 0. The number of hydrogen-bond donors (Lipinski definition) is 1. The monoisotopic (exact) mass is 201 g/mol. The Morgan fingerprint density at radius 3 is 2.80 bits per heavy atom. The fourth-order valence-electron chi connectivity index (χ4n) is 1.32. The number of nitrogen functional groups attached to an aromatic ring is 1. The minimum Gasteiger partial charge on any atom is -0.394 e. The largest absolute Gasteiger partial charge is 0.394 e. The number of aryl methyl sites for hydroxylation is 1. The molecular weight excluding hydrogens is 190 g/mol. The van der Waals surface area contributed by atoms with E-state index in [0.717, 1.165) is 5.56 Å². The van der Waals surface area contributed by atoms with Crippen LogP contribution in [0.15, 0.2) is 41.5 Å². The predicted octanol–water partition coefficient (Wildman–Crippen LogP) is 1.12. The van der Waals surface area contributed by atoms with E-state index >= 15 is 0 Å². The topological polar surface area (TPSA) is 60.9 Å². The Labute approximate surface area is 87.0 Å². The van der Waals surface area contributed by atoms with Crippen LogP contribution in [0.1, 0.15) is 5.56 Å². The molecule has 0 aliphatic rings. The summed E-state index contributed by atoms with van der Waals surface area (Å²) in [7, 11) is 0. The molecular formula is C11H11N3O. The lowest BCUT2D eigenvalue weighted by atomic mass is 10.2. The average Bonchev–Trinajstić information content (AvgIpc) is 2.27. The van der Waals surface area contributed by atoms with E-state index in [-0.39, 0.29) is 11.2 Å². The minimum absolute atomic E-state index is 0.228. The maximum atomic E-state index is 11.8. The van der Waals surface area contributed by atoms with Crippen LogP contribution in [0.3, 0.4) is 0 Å². The molecule has 0 saturated carbocycles. The van der Waals surface area contributed by atoms with Crippen molar-refractivity contribution in [3.8, 4) is 5.82 Å². The quantitative estimate of drug-likeness (QED) is 0.752. The summed E-state index contributed by atoms with van der Waals surface area (Å²) in [5, 5.41) is 0. The molecule has 0 aliphatic carbocycles. The van der Waals surface area contributed by atoms with E-state index in [1.54, 1.807) is 37.5 Å². The Balaban J connectivity index is 2.66. The first kappa shape index (κ1) is 9.45. The molecule has 2 N–H and O–H groups in total. The highest BCUT2D eigenvalue weighted by atomic mass is 16.1. The maximum absolute atomic E-state index is 11.8. The van der Waals surface area contributed by atoms with Crippen LogP contribution < -0.4 is 11.3 Å². The lowest BCUT2D eigenvalue weighted by molar-refractivity contribution is 0.940. The van der Waals surface area contributed by atoms with Gasteiger partial charge in [-0.05, 0) is 30.7 Å². The van der Waals surface area contributed by atoms with Gasteiger partial charge in [0.25, 0.3) is 5.56 Å². The highest BCUT2D eigenvalue weighted by Crippen LogP contribution is 2.06. The van der Waals surface area contributed by atoms with Crippen molar-refractivity contribution in [3.63, 3.8) is 0 Å². The fourth-order valence-corrected chi connectivity index (χ4v) is 1.32. The van der Waals surface area contributed by atoms with Crippen molar-refractivity contribution < 1.29 is 0 Å². The molecule has 0 fully saturated rings. The molecule has 0 aliphatic heterocycles. The van der Waals surface area contributed by atoms with E-state index < -0.39 is 0 Å². The van der Waals surface area contributed by atoms with Gasteiger partial charge in [-0.3, -0.25) is 9.36 Å². The highest BCUT2D eigenvalue weighted by Gasteiger charge is 2.04. The molecule has 15 heavy (non-hydrogen) atoms. The molecule has 0 aromatic carbocycles.